The summed E-state index contributed by atoms with van der Waals surface area (Å²) in [5, 5.41) is 7.46. The number of anilines is 1. The number of carbonyl (C=O) groups is 2. The van der Waals surface area contributed by atoms with E-state index >= 15 is 0 Å². The molecule has 0 bridgehead atoms. The van der Waals surface area contributed by atoms with Crippen molar-refractivity contribution in [3.8, 4) is 0 Å². The number of halogens is 1. The number of rotatable bonds is 6. The summed E-state index contributed by atoms with van der Waals surface area (Å²) in [4.78, 5) is 23.3. The van der Waals surface area contributed by atoms with E-state index in [0.717, 1.165) is 30.2 Å². The van der Waals surface area contributed by atoms with E-state index in [0.29, 0.717) is 5.69 Å². The lowest BCUT2D eigenvalue weighted by molar-refractivity contribution is -0.119. The minimum Gasteiger partial charge on any atom is -0.452 e. The van der Waals surface area contributed by atoms with Gasteiger partial charge < -0.3 is 10.1 Å². The van der Waals surface area contributed by atoms with Crippen molar-refractivity contribution in [3.63, 3.8) is 0 Å². The molecule has 0 fully saturated rings. The zero-order valence-corrected chi connectivity index (χ0v) is 14.7. The van der Waals surface area contributed by atoms with Crippen molar-refractivity contribution in [2.45, 2.75) is 18.2 Å². The summed E-state index contributed by atoms with van der Waals surface area (Å²) in [6.07, 6.45) is 0.856. The number of primary sulfonamides is 1. The van der Waals surface area contributed by atoms with Crippen LogP contribution in [0.5, 0.6) is 0 Å². The number of sulfonamides is 1. The van der Waals surface area contributed by atoms with Crippen molar-refractivity contribution in [1.82, 2.24) is 0 Å². The van der Waals surface area contributed by atoms with Crippen molar-refractivity contribution in [3.05, 3.63) is 59.4 Å². The van der Waals surface area contributed by atoms with Crippen LogP contribution in [0, 0.1) is 5.82 Å². The Morgan fingerprint density at radius 2 is 1.81 bits per heavy atom. The van der Waals surface area contributed by atoms with Crippen molar-refractivity contribution in [2.24, 2.45) is 5.14 Å². The van der Waals surface area contributed by atoms with Gasteiger partial charge in [0.15, 0.2) is 6.61 Å². The van der Waals surface area contributed by atoms with Crippen LogP contribution in [-0.2, 0) is 26.0 Å². The van der Waals surface area contributed by atoms with Gasteiger partial charge >= 0.3 is 5.97 Å². The second-order valence-corrected chi connectivity index (χ2v) is 6.92. The summed E-state index contributed by atoms with van der Waals surface area (Å²) in [7, 11) is -4.11. The first-order valence-corrected chi connectivity index (χ1v) is 9.13. The molecule has 0 spiro atoms. The zero-order chi connectivity index (χ0) is 19.3. The third-order valence-corrected chi connectivity index (χ3v) is 4.38. The monoisotopic (exact) mass is 380 g/mol. The number of amides is 1. The van der Waals surface area contributed by atoms with E-state index in [4.69, 9.17) is 9.88 Å². The number of aryl methyl sites for hydroxylation is 1. The molecule has 0 aliphatic rings. The summed E-state index contributed by atoms with van der Waals surface area (Å²) in [6, 6.07) is 9.56. The van der Waals surface area contributed by atoms with E-state index in [2.05, 4.69) is 5.32 Å². The molecule has 2 rings (SSSR count). The number of ether oxygens (including phenoxy) is 1. The van der Waals surface area contributed by atoms with Crippen LogP contribution in [0.4, 0.5) is 10.1 Å². The third kappa shape index (κ3) is 5.11. The van der Waals surface area contributed by atoms with E-state index in [-0.39, 0.29) is 0 Å². The Bertz CT molecular complexity index is 927. The molecule has 9 heteroatoms. The molecule has 2 aromatic carbocycles. The Morgan fingerprint density at radius 1 is 1.15 bits per heavy atom. The summed E-state index contributed by atoms with van der Waals surface area (Å²) in [5.74, 6) is -2.78. The van der Waals surface area contributed by atoms with Crippen molar-refractivity contribution >= 4 is 27.6 Å². The lowest BCUT2D eigenvalue weighted by Crippen LogP contribution is -2.21. The molecule has 1 amide bonds. The second kappa shape index (κ2) is 8.07. The molecule has 7 nitrogen and oxygen atoms in total. The standard InChI is InChI=1S/C17H17FN2O5S/c1-2-11-3-5-12(6-4-11)20-16(21)10-25-17(22)14-9-13(26(19,23)24)7-8-15(14)18/h3-9H,2,10H2,1H3,(H,20,21)(H2,19,23,24). The highest BCUT2D eigenvalue weighted by atomic mass is 32.2. The van der Waals surface area contributed by atoms with E-state index in [1.54, 1.807) is 12.1 Å². The van der Waals surface area contributed by atoms with Crippen molar-refractivity contribution < 1.29 is 27.1 Å². The van der Waals surface area contributed by atoms with E-state index in [9.17, 15) is 22.4 Å². The van der Waals surface area contributed by atoms with Crippen LogP contribution in [0.2, 0.25) is 0 Å². The van der Waals surface area contributed by atoms with Crippen LogP contribution < -0.4 is 10.5 Å². The Balaban J connectivity index is 2.00. The second-order valence-electron chi connectivity index (χ2n) is 5.36. The number of nitrogens with two attached hydrogens (primary N) is 1. The largest absolute Gasteiger partial charge is 0.452 e. The van der Waals surface area contributed by atoms with Gasteiger partial charge in [0.1, 0.15) is 5.82 Å². The highest BCUT2D eigenvalue weighted by molar-refractivity contribution is 7.89. The zero-order valence-electron chi connectivity index (χ0n) is 13.9. The maximum absolute atomic E-state index is 13.7. The molecule has 2 aromatic rings. The lowest BCUT2D eigenvalue weighted by Gasteiger charge is -2.08. The fraction of sp³-hybridized carbons (Fsp3) is 0.176. The van der Waals surface area contributed by atoms with Crippen molar-refractivity contribution in [1.29, 1.82) is 0 Å². The molecule has 26 heavy (non-hydrogen) atoms. The third-order valence-electron chi connectivity index (χ3n) is 3.47. The minimum absolute atomic E-state index is 0.439. The van der Waals surface area contributed by atoms with Gasteiger partial charge in [0.2, 0.25) is 10.0 Å². The van der Waals surface area contributed by atoms with Crippen LogP contribution in [-0.4, -0.2) is 26.9 Å². The maximum atomic E-state index is 13.7. The fourth-order valence-corrected chi connectivity index (χ4v) is 2.61. The Hall–Kier alpha value is -2.78. The first-order valence-electron chi connectivity index (χ1n) is 7.59. The normalized spacial score (nSPS) is 11.0. The molecule has 0 saturated heterocycles. The van der Waals surface area contributed by atoms with Gasteiger partial charge in [-0.05, 0) is 42.3 Å². The molecule has 0 unspecified atom stereocenters. The number of carbonyl (C=O) groups excluding carboxylic acids is 2. The van der Waals surface area contributed by atoms with Crippen LogP contribution >= 0.6 is 0 Å². The number of hydrogen-bond donors (Lipinski definition) is 2. The van der Waals surface area contributed by atoms with E-state index in [1.165, 1.54) is 0 Å². The number of nitrogens with one attached hydrogen (secondary N) is 1. The molecule has 138 valence electrons. The molecule has 0 aromatic heterocycles. The first-order chi connectivity index (χ1) is 12.2. The van der Waals surface area contributed by atoms with Gasteiger partial charge in [-0.1, -0.05) is 19.1 Å². The van der Waals surface area contributed by atoms with Gasteiger partial charge in [-0.3, -0.25) is 4.79 Å². The summed E-state index contributed by atoms with van der Waals surface area (Å²) < 4.78 is 41.0. The summed E-state index contributed by atoms with van der Waals surface area (Å²) >= 11 is 0. The molecule has 3 N–H and O–H groups in total. The molecule has 0 aliphatic heterocycles. The quantitative estimate of drug-likeness (QED) is 0.742. The van der Waals surface area contributed by atoms with E-state index < -0.39 is 44.8 Å². The van der Waals surface area contributed by atoms with Gasteiger partial charge in [0.05, 0.1) is 10.5 Å². The van der Waals surface area contributed by atoms with Crippen molar-refractivity contribution in [2.75, 3.05) is 11.9 Å². The van der Waals surface area contributed by atoms with Gasteiger partial charge in [-0.2, -0.15) is 0 Å². The molecular weight excluding hydrogens is 363 g/mol. The predicted octanol–water partition coefficient (Wildman–Crippen LogP) is 1.83. The Morgan fingerprint density at radius 3 is 2.38 bits per heavy atom. The van der Waals surface area contributed by atoms with Crippen LogP contribution in [0.15, 0.2) is 47.4 Å². The lowest BCUT2D eigenvalue weighted by atomic mass is 10.1. The smallest absolute Gasteiger partial charge is 0.341 e. The molecule has 0 radical (unpaired) electrons. The predicted molar refractivity (Wildman–Crippen MR) is 92.5 cm³/mol. The Kier molecular flexibility index (Phi) is 6.06. The average molecular weight is 380 g/mol. The van der Waals surface area contributed by atoms with E-state index in [1.807, 2.05) is 19.1 Å². The van der Waals surface area contributed by atoms with Gasteiger partial charge in [-0.25, -0.2) is 22.7 Å². The SMILES string of the molecule is CCc1ccc(NC(=O)COC(=O)c2cc(S(N)(=O)=O)ccc2F)cc1. The van der Waals surface area contributed by atoms with Crippen LogP contribution in [0.25, 0.3) is 0 Å². The summed E-state index contributed by atoms with van der Waals surface area (Å²) in [6.45, 7) is 1.34. The fourth-order valence-electron chi connectivity index (χ4n) is 2.07. The van der Waals surface area contributed by atoms with Gasteiger partial charge in [0.25, 0.3) is 5.91 Å². The van der Waals surface area contributed by atoms with Gasteiger partial charge in [-0.15, -0.1) is 0 Å². The number of esters is 1. The van der Waals surface area contributed by atoms with Gasteiger partial charge in [0, 0.05) is 5.69 Å². The first kappa shape index (κ1) is 19.5. The molecular formula is C17H17FN2O5S. The molecule has 0 atom stereocenters. The topological polar surface area (TPSA) is 116 Å². The Labute approximate surface area is 150 Å². The van der Waals surface area contributed by atoms with Crippen LogP contribution in [0.1, 0.15) is 22.8 Å². The number of hydrogen-bond acceptors (Lipinski definition) is 5. The average Bonchev–Trinajstić information content (AvgIpc) is 2.59. The minimum atomic E-state index is -4.11. The molecule has 0 aliphatic carbocycles. The number of benzene rings is 2. The molecule has 0 heterocycles. The van der Waals surface area contributed by atoms with Crippen LogP contribution in [0.3, 0.4) is 0 Å². The summed E-state index contributed by atoms with van der Waals surface area (Å²) in [5.41, 5.74) is 0.988. The maximum Gasteiger partial charge on any atom is 0.341 e. The highest BCUT2D eigenvalue weighted by Crippen LogP contribution is 2.15. The molecule has 0 saturated carbocycles. The highest BCUT2D eigenvalue weighted by Gasteiger charge is 2.19.